The summed E-state index contributed by atoms with van der Waals surface area (Å²) in [5, 5.41) is 2.96. The van der Waals surface area contributed by atoms with Gasteiger partial charge in [0.2, 0.25) is 0 Å². The number of likely N-dealkylation sites (N-methyl/N-ethyl adjacent to an activating group) is 1. The molecule has 2 N–H and O–H groups in total. The zero-order valence-electron chi connectivity index (χ0n) is 13.2. The molecule has 6 nitrogen and oxygen atoms in total. The standard InChI is InChI=1S/C16H17ClN2O4S/c1-11-9-12(17)3-8-15(11)19-24(21,22)14-6-4-13(5-7-14)23-10-16(20)18-2/h3-9,19H,10H2,1-2H3,(H,18,20). The molecule has 0 fully saturated rings. The number of nitrogens with one attached hydrogen (secondary N) is 2. The Morgan fingerprint density at radius 2 is 1.83 bits per heavy atom. The van der Waals surface area contributed by atoms with Crippen LogP contribution >= 0.6 is 11.6 Å². The molecule has 0 radical (unpaired) electrons. The van der Waals surface area contributed by atoms with Crippen molar-refractivity contribution in [1.29, 1.82) is 0 Å². The van der Waals surface area contributed by atoms with E-state index in [1.807, 2.05) is 0 Å². The second kappa shape index (κ2) is 7.55. The fraction of sp³-hybridized carbons (Fsp3) is 0.188. The Labute approximate surface area is 145 Å². The van der Waals surface area contributed by atoms with Crippen molar-refractivity contribution in [2.24, 2.45) is 0 Å². The Balaban J connectivity index is 2.13. The van der Waals surface area contributed by atoms with Gasteiger partial charge in [-0.25, -0.2) is 8.42 Å². The van der Waals surface area contributed by atoms with Crippen molar-refractivity contribution in [2.45, 2.75) is 11.8 Å². The first-order chi connectivity index (χ1) is 11.3. The number of amides is 1. The maximum absolute atomic E-state index is 12.4. The molecule has 0 heterocycles. The molecule has 24 heavy (non-hydrogen) atoms. The van der Waals surface area contributed by atoms with E-state index in [1.165, 1.54) is 31.3 Å². The van der Waals surface area contributed by atoms with Crippen molar-refractivity contribution in [1.82, 2.24) is 5.32 Å². The SMILES string of the molecule is CNC(=O)COc1ccc(S(=O)(=O)Nc2ccc(Cl)cc2C)cc1. The quantitative estimate of drug-likeness (QED) is 0.820. The van der Waals surface area contributed by atoms with Crippen LogP contribution < -0.4 is 14.8 Å². The van der Waals surface area contributed by atoms with E-state index in [9.17, 15) is 13.2 Å². The minimum Gasteiger partial charge on any atom is -0.484 e. The number of hydrogen-bond donors (Lipinski definition) is 2. The van der Waals surface area contributed by atoms with Crippen LogP contribution in [0.4, 0.5) is 5.69 Å². The summed E-state index contributed by atoms with van der Waals surface area (Å²) in [5.41, 5.74) is 1.18. The molecule has 2 aromatic carbocycles. The highest BCUT2D eigenvalue weighted by Gasteiger charge is 2.15. The number of carbonyl (C=O) groups excluding carboxylic acids is 1. The average molecular weight is 369 g/mol. The summed E-state index contributed by atoms with van der Waals surface area (Å²) in [5.74, 6) is 0.131. The van der Waals surface area contributed by atoms with Gasteiger partial charge in [0.25, 0.3) is 15.9 Å². The minimum atomic E-state index is -3.73. The summed E-state index contributed by atoms with van der Waals surface area (Å²) >= 11 is 5.87. The van der Waals surface area contributed by atoms with Crippen LogP contribution in [0.1, 0.15) is 5.56 Å². The van der Waals surface area contributed by atoms with Gasteiger partial charge in [0.15, 0.2) is 6.61 Å². The zero-order valence-corrected chi connectivity index (χ0v) is 14.7. The number of hydrogen-bond acceptors (Lipinski definition) is 4. The second-order valence-corrected chi connectivity index (χ2v) is 7.12. The fourth-order valence-corrected chi connectivity index (χ4v) is 3.24. The molecule has 0 spiro atoms. The lowest BCUT2D eigenvalue weighted by atomic mass is 10.2. The molecule has 0 aliphatic heterocycles. The molecule has 0 unspecified atom stereocenters. The summed E-state index contributed by atoms with van der Waals surface area (Å²) in [4.78, 5) is 11.2. The molecule has 2 rings (SSSR count). The number of ether oxygens (including phenoxy) is 1. The van der Waals surface area contributed by atoms with Crippen LogP contribution in [0.15, 0.2) is 47.4 Å². The summed E-state index contributed by atoms with van der Waals surface area (Å²) in [6, 6.07) is 10.7. The summed E-state index contributed by atoms with van der Waals surface area (Å²) in [7, 11) is -2.22. The van der Waals surface area contributed by atoms with Gasteiger partial charge in [0, 0.05) is 12.1 Å². The van der Waals surface area contributed by atoms with E-state index in [0.29, 0.717) is 16.5 Å². The zero-order chi connectivity index (χ0) is 17.7. The van der Waals surface area contributed by atoms with Gasteiger partial charge in [-0.15, -0.1) is 0 Å². The number of aryl methyl sites for hydroxylation is 1. The van der Waals surface area contributed by atoms with Gasteiger partial charge in [0.05, 0.1) is 10.6 Å². The van der Waals surface area contributed by atoms with Gasteiger partial charge >= 0.3 is 0 Å². The lowest BCUT2D eigenvalue weighted by Gasteiger charge is -2.11. The topological polar surface area (TPSA) is 84.5 Å². The summed E-state index contributed by atoms with van der Waals surface area (Å²) < 4.78 is 32.6. The predicted molar refractivity (Wildman–Crippen MR) is 93.0 cm³/mol. The van der Waals surface area contributed by atoms with Crippen molar-refractivity contribution in [2.75, 3.05) is 18.4 Å². The van der Waals surface area contributed by atoms with Gasteiger partial charge in [0.1, 0.15) is 5.75 Å². The maximum Gasteiger partial charge on any atom is 0.261 e. The first-order valence-electron chi connectivity index (χ1n) is 7.04. The molecule has 0 atom stereocenters. The molecule has 128 valence electrons. The van der Waals surface area contributed by atoms with Crippen molar-refractivity contribution < 1.29 is 17.9 Å². The molecule has 0 aliphatic rings. The highest BCUT2D eigenvalue weighted by Crippen LogP contribution is 2.23. The Bertz CT molecular complexity index is 836. The Morgan fingerprint density at radius 1 is 1.17 bits per heavy atom. The van der Waals surface area contributed by atoms with Gasteiger partial charge < -0.3 is 10.1 Å². The third kappa shape index (κ3) is 4.62. The van der Waals surface area contributed by atoms with Gasteiger partial charge in [-0.05, 0) is 55.0 Å². The van der Waals surface area contributed by atoms with Crippen LogP contribution in [0.3, 0.4) is 0 Å². The van der Waals surface area contributed by atoms with E-state index in [2.05, 4.69) is 10.0 Å². The average Bonchev–Trinajstić information content (AvgIpc) is 2.55. The van der Waals surface area contributed by atoms with Crippen LogP contribution in [-0.2, 0) is 14.8 Å². The van der Waals surface area contributed by atoms with Crippen molar-refractivity contribution in [3.8, 4) is 5.75 Å². The summed E-state index contributed by atoms with van der Waals surface area (Å²) in [6.45, 7) is 1.63. The van der Waals surface area contributed by atoms with Crippen molar-refractivity contribution in [3.05, 3.63) is 53.1 Å². The first-order valence-corrected chi connectivity index (χ1v) is 8.90. The van der Waals surface area contributed by atoms with E-state index in [-0.39, 0.29) is 17.4 Å². The minimum absolute atomic E-state index is 0.0872. The fourth-order valence-electron chi connectivity index (χ4n) is 1.88. The van der Waals surface area contributed by atoms with E-state index in [1.54, 1.807) is 25.1 Å². The van der Waals surface area contributed by atoms with Crippen molar-refractivity contribution in [3.63, 3.8) is 0 Å². The normalized spacial score (nSPS) is 11.0. The molecule has 2 aromatic rings. The molecular weight excluding hydrogens is 352 g/mol. The largest absolute Gasteiger partial charge is 0.484 e. The van der Waals surface area contributed by atoms with Gasteiger partial charge in [-0.3, -0.25) is 9.52 Å². The molecule has 0 saturated heterocycles. The molecule has 0 aromatic heterocycles. The van der Waals surface area contributed by atoms with Crippen LogP contribution in [0.5, 0.6) is 5.75 Å². The number of carbonyl (C=O) groups is 1. The monoisotopic (exact) mass is 368 g/mol. The van der Waals surface area contributed by atoms with E-state index in [4.69, 9.17) is 16.3 Å². The lowest BCUT2D eigenvalue weighted by Crippen LogP contribution is -2.24. The van der Waals surface area contributed by atoms with Crippen LogP contribution in [0.2, 0.25) is 5.02 Å². The smallest absolute Gasteiger partial charge is 0.261 e. The van der Waals surface area contributed by atoms with Gasteiger partial charge in [-0.1, -0.05) is 11.6 Å². The molecular formula is C16H17ClN2O4S. The molecule has 8 heteroatoms. The van der Waals surface area contributed by atoms with E-state index in [0.717, 1.165) is 5.56 Å². The van der Waals surface area contributed by atoms with Crippen LogP contribution in [0.25, 0.3) is 0 Å². The first kappa shape index (κ1) is 18.1. The van der Waals surface area contributed by atoms with E-state index < -0.39 is 10.0 Å². The molecule has 0 saturated carbocycles. The Morgan fingerprint density at radius 3 is 2.42 bits per heavy atom. The highest BCUT2D eigenvalue weighted by molar-refractivity contribution is 7.92. The highest BCUT2D eigenvalue weighted by atomic mass is 35.5. The summed E-state index contributed by atoms with van der Waals surface area (Å²) in [6.07, 6.45) is 0. The molecule has 1 amide bonds. The van der Waals surface area contributed by atoms with E-state index >= 15 is 0 Å². The van der Waals surface area contributed by atoms with Gasteiger partial charge in [-0.2, -0.15) is 0 Å². The Hall–Kier alpha value is -2.25. The van der Waals surface area contributed by atoms with Crippen LogP contribution in [0, 0.1) is 6.92 Å². The number of benzene rings is 2. The Kier molecular flexibility index (Phi) is 5.69. The number of anilines is 1. The predicted octanol–water partition coefficient (Wildman–Crippen LogP) is 2.57. The lowest BCUT2D eigenvalue weighted by molar-refractivity contribution is -0.122. The third-order valence-corrected chi connectivity index (χ3v) is 4.83. The van der Waals surface area contributed by atoms with Crippen LogP contribution in [-0.4, -0.2) is 28.0 Å². The van der Waals surface area contributed by atoms with Crippen molar-refractivity contribution >= 4 is 33.2 Å². The number of sulfonamides is 1. The number of rotatable bonds is 6. The maximum atomic E-state index is 12.4. The number of halogens is 1. The third-order valence-electron chi connectivity index (χ3n) is 3.22. The molecule has 0 bridgehead atoms. The second-order valence-electron chi connectivity index (χ2n) is 5.00. The molecule has 0 aliphatic carbocycles.